The monoisotopic (exact) mass is 346 g/mol. The van der Waals surface area contributed by atoms with Crippen molar-refractivity contribution in [1.29, 1.82) is 0 Å². The van der Waals surface area contributed by atoms with Crippen LogP contribution in [0, 0.1) is 5.41 Å². The summed E-state index contributed by atoms with van der Waals surface area (Å²) in [5.74, 6) is -2.03. The smallest absolute Gasteiger partial charge is 0.418 e. The van der Waals surface area contributed by atoms with E-state index in [0.717, 1.165) is 0 Å². The van der Waals surface area contributed by atoms with Crippen LogP contribution in [0.1, 0.15) is 34.6 Å². The number of hydrogen-bond donors (Lipinski definition) is 1. The number of nitrogens with zero attached hydrogens (tertiary/aromatic N) is 1. The molecule has 134 valence electrons. The highest BCUT2D eigenvalue weighted by Crippen LogP contribution is 2.29. The van der Waals surface area contributed by atoms with E-state index in [1.165, 1.54) is 13.8 Å². The fourth-order valence-corrected chi connectivity index (χ4v) is 2.40. The maximum absolute atomic E-state index is 12.8. The molecule has 1 aromatic rings. The number of ether oxygens (including phenoxy) is 1. The maximum atomic E-state index is 12.8. The number of hydrogen-bond acceptors (Lipinski definition) is 5. The predicted molar refractivity (Wildman–Crippen MR) is 90.7 cm³/mol. The second-order valence-electron chi connectivity index (χ2n) is 7.43. The summed E-state index contributed by atoms with van der Waals surface area (Å²) in [7, 11) is 0. The molecular weight excluding hydrogens is 324 g/mol. The number of carbonyl (C=O) groups excluding carboxylic acids is 4. The van der Waals surface area contributed by atoms with Gasteiger partial charge in [0, 0.05) is 11.1 Å². The second kappa shape index (κ2) is 6.31. The first-order valence-corrected chi connectivity index (χ1v) is 7.92. The molecule has 1 unspecified atom stereocenters. The molecule has 7 nitrogen and oxygen atoms in total. The molecular formula is C18H22N2O5. The molecule has 0 spiro atoms. The Hall–Kier alpha value is -2.70. The van der Waals surface area contributed by atoms with Crippen molar-refractivity contribution in [3.63, 3.8) is 0 Å². The number of anilines is 1. The van der Waals surface area contributed by atoms with Crippen LogP contribution in [0.3, 0.4) is 0 Å². The zero-order chi connectivity index (χ0) is 19.0. The van der Waals surface area contributed by atoms with Crippen LogP contribution in [0.15, 0.2) is 30.3 Å². The first-order valence-electron chi connectivity index (χ1n) is 7.92. The van der Waals surface area contributed by atoms with Crippen molar-refractivity contribution < 1.29 is 23.9 Å². The minimum Gasteiger partial charge on any atom is -0.433 e. The van der Waals surface area contributed by atoms with Gasteiger partial charge in [-0.2, -0.15) is 0 Å². The molecule has 0 radical (unpaired) electrons. The number of imide groups is 1. The van der Waals surface area contributed by atoms with Gasteiger partial charge >= 0.3 is 6.09 Å². The second-order valence-corrected chi connectivity index (χ2v) is 7.43. The van der Waals surface area contributed by atoms with E-state index >= 15 is 0 Å². The van der Waals surface area contributed by atoms with Crippen LogP contribution in [0.5, 0.6) is 0 Å². The lowest BCUT2D eigenvalue weighted by molar-refractivity contribution is -0.145. The molecule has 0 aromatic heterocycles. The Bertz CT molecular complexity index is 719. The Morgan fingerprint density at radius 3 is 2.12 bits per heavy atom. The minimum absolute atomic E-state index is 0.457. The van der Waals surface area contributed by atoms with E-state index in [9.17, 15) is 19.2 Å². The van der Waals surface area contributed by atoms with Gasteiger partial charge in [0.05, 0.1) is 0 Å². The van der Waals surface area contributed by atoms with Crippen molar-refractivity contribution >= 4 is 29.4 Å². The van der Waals surface area contributed by atoms with E-state index in [2.05, 4.69) is 5.32 Å². The summed E-state index contributed by atoms with van der Waals surface area (Å²) in [6.45, 7) is 7.70. The van der Waals surface area contributed by atoms with Crippen LogP contribution in [0.2, 0.25) is 0 Å². The van der Waals surface area contributed by atoms with Crippen LogP contribution in [-0.4, -0.2) is 40.2 Å². The maximum Gasteiger partial charge on any atom is 0.418 e. The van der Waals surface area contributed by atoms with Gasteiger partial charge in [-0.15, -0.1) is 0 Å². The highest BCUT2D eigenvalue weighted by molar-refractivity contribution is 6.18. The van der Waals surface area contributed by atoms with E-state index < -0.39 is 40.7 Å². The van der Waals surface area contributed by atoms with Crippen LogP contribution in [-0.2, 0) is 19.1 Å². The number of nitrogens with one attached hydrogen (secondary N) is 1. The number of benzene rings is 1. The standard InChI is InChI=1S/C18H22N2O5/c1-17(2,3)13(21)12(14(22)19-11-9-7-6-8-10-11)20-15(23)18(4,5)25-16(20)24/h6-10,12H,1-5H3,(H,19,22). The molecule has 1 heterocycles. The molecule has 1 aromatic carbocycles. The van der Waals surface area contributed by atoms with Crippen molar-refractivity contribution in [2.75, 3.05) is 5.32 Å². The summed E-state index contributed by atoms with van der Waals surface area (Å²) in [6, 6.07) is 6.90. The SMILES string of the molecule is CC(C)(C)C(=O)C(C(=O)Nc1ccccc1)N1C(=O)OC(C)(C)C1=O. The van der Waals surface area contributed by atoms with E-state index in [4.69, 9.17) is 4.74 Å². The van der Waals surface area contributed by atoms with Gasteiger partial charge in [-0.1, -0.05) is 39.0 Å². The third-order valence-electron chi connectivity index (χ3n) is 3.81. The molecule has 1 saturated heterocycles. The molecule has 25 heavy (non-hydrogen) atoms. The van der Waals surface area contributed by atoms with Gasteiger partial charge in [0.2, 0.25) is 0 Å². The molecule has 1 aliphatic rings. The van der Waals surface area contributed by atoms with Crippen molar-refractivity contribution in [1.82, 2.24) is 4.90 Å². The molecule has 1 fully saturated rings. The average molecular weight is 346 g/mol. The number of amides is 3. The largest absolute Gasteiger partial charge is 0.433 e. The first kappa shape index (κ1) is 18.6. The van der Waals surface area contributed by atoms with E-state index in [1.54, 1.807) is 51.1 Å². The fraction of sp³-hybridized carbons (Fsp3) is 0.444. The fourth-order valence-electron chi connectivity index (χ4n) is 2.40. The number of rotatable bonds is 4. The molecule has 0 bridgehead atoms. The molecule has 2 rings (SSSR count). The van der Waals surface area contributed by atoms with E-state index in [0.29, 0.717) is 10.6 Å². The van der Waals surface area contributed by atoms with Crippen molar-refractivity contribution in [2.45, 2.75) is 46.3 Å². The van der Waals surface area contributed by atoms with Gasteiger partial charge in [-0.3, -0.25) is 14.4 Å². The predicted octanol–water partition coefficient (Wildman–Crippen LogP) is 2.37. The van der Waals surface area contributed by atoms with Gasteiger partial charge in [-0.05, 0) is 26.0 Å². The third kappa shape index (κ3) is 3.70. The van der Waals surface area contributed by atoms with Crippen LogP contribution < -0.4 is 5.32 Å². The average Bonchev–Trinajstić information content (AvgIpc) is 2.69. The Balaban J connectivity index is 2.41. The zero-order valence-corrected chi connectivity index (χ0v) is 15.0. The molecule has 0 saturated carbocycles. The summed E-state index contributed by atoms with van der Waals surface area (Å²) < 4.78 is 5.02. The van der Waals surface area contributed by atoms with E-state index in [1.807, 2.05) is 0 Å². The lowest BCUT2D eigenvalue weighted by atomic mass is 9.85. The van der Waals surface area contributed by atoms with Crippen molar-refractivity contribution in [2.24, 2.45) is 5.41 Å². The summed E-state index contributed by atoms with van der Waals surface area (Å²) >= 11 is 0. The lowest BCUT2D eigenvalue weighted by Gasteiger charge is -2.28. The molecule has 1 aliphatic heterocycles. The first-order chi connectivity index (χ1) is 11.4. The Morgan fingerprint density at radius 1 is 1.12 bits per heavy atom. The highest BCUT2D eigenvalue weighted by Gasteiger charge is 2.54. The molecule has 0 aliphatic carbocycles. The Labute approximate surface area is 146 Å². The quantitative estimate of drug-likeness (QED) is 0.845. The van der Waals surface area contributed by atoms with Gasteiger partial charge in [-0.25, -0.2) is 9.69 Å². The highest BCUT2D eigenvalue weighted by atomic mass is 16.6. The number of ketones is 1. The summed E-state index contributed by atoms with van der Waals surface area (Å²) in [6.07, 6.45) is -0.999. The lowest BCUT2D eigenvalue weighted by Crippen LogP contribution is -2.55. The molecule has 7 heteroatoms. The normalized spacial score (nSPS) is 17.9. The van der Waals surface area contributed by atoms with Gasteiger partial charge in [0.1, 0.15) is 0 Å². The van der Waals surface area contributed by atoms with Gasteiger partial charge in [0.25, 0.3) is 11.8 Å². The molecule has 1 N–H and O–H groups in total. The zero-order valence-electron chi connectivity index (χ0n) is 15.0. The number of cyclic esters (lactones) is 1. The minimum atomic E-state index is -1.60. The van der Waals surface area contributed by atoms with Crippen LogP contribution in [0.25, 0.3) is 0 Å². The third-order valence-corrected chi connectivity index (χ3v) is 3.81. The Kier molecular flexibility index (Phi) is 4.70. The van der Waals surface area contributed by atoms with Gasteiger partial charge in [0.15, 0.2) is 17.4 Å². The van der Waals surface area contributed by atoms with Crippen molar-refractivity contribution in [3.8, 4) is 0 Å². The summed E-state index contributed by atoms with van der Waals surface area (Å²) in [5.41, 5.74) is -1.90. The summed E-state index contributed by atoms with van der Waals surface area (Å²) in [5, 5.41) is 2.58. The molecule has 3 amide bonds. The van der Waals surface area contributed by atoms with Crippen molar-refractivity contribution in [3.05, 3.63) is 30.3 Å². The van der Waals surface area contributed by atoms with Crippen LogP contribution in [0.4, 0.5) is 10.5 Å². The number of carbonyl (C=O) groups is 4. The van der Waals surface area contributed by atoms with Crippen LogP contribution >= 0.6 is 0 Å². The Morgan fingerprint density at radius 2 is 1.68 bits per heavy atom. The van der Waals surface area contributed by atoms with E-state index in [-0.39, 0.29) is 0 Å². The van der Waals surface area contributed by atoms with Gasteiger partial charge < -0.3 is 10.1 Å². The number of para-hydroxylation sites is 1. The number of Topliss-reactive ketones (excluding diaryl/α,β-unsaturated/α-hetero) is 1. The molecule has 1 atom stereocenters. The topological polar surface area (TPSA) is 92.8 Å². The summed E-state index contributed by atoms with van der Waals surface area (Å²) in [4.78, 5) is 50.9.